The van der Waals surface area contributed by atoms with Crippen molar-refractivity contribution >= 4 is 29.2 Å². The smallest absolute Gasteiger partial charge is 0.262 e. The third-order valence-electron chi connectivity index (χ3n) is 4.78. The molecule has 2 atom stereocenters. The fourth-order valence-electron chi connectivity index (χ4n) is 3.18. The third-order valence-corrected chi connectivity index (χ3v) is 4.78. The predicted octanol–water partition coefficient (Wildman–Crippen LogP) is 0.874. The van der Waals surface area contributed by atoms with Gasteiger partial charge in [0.05, 0.1) is 11.1 Å². The molecule has 2 unspecified atom stereocenters. The number of unbranched alkanes of at least 4 members (excludes halogenated alkanes) is 1. The van der Waals surface area contributed by atoms with E-state index in [4.69, 9.17) is 0 Å². The number of fused-ring (bicyclic) bond motifs is 1. The number of carbonyl (C=O) groups excluding carboxylic acids is 4. The average molecular weight is 370 g/mol. The van der Waals surface area contributed by atoms with Crippen LogP contribution in [0.1, 0.15) is 53.8 Å². The molecule has 3 rings (SSSR count). The zero-order valence-electron chi connectivity index (χ0n) is 15.3. The van der Waals surface area contributed by atoms with Crippen molar-refractivity contribution in [2.24, 2.45) is 5.10 Å². The maximum absolute atomic E-state index is 12.8. The molecule has 0 bridgehead atoms. The quantitative estimate of drug-likeness (QED) is 0.547. The van der Waals surface area contributed by atoms with Gasteiger partial charge in [0.25, 0.3) is 11.8 Å². The number of nitrogens with zero attached hydrogens (tertiary/aromatic N) is 2. The van der Waals surface area contributed by atoms with E-state index in [0.29, 0.717) is 17.7 Å². The van der Waals surface area contributed by atoms with E-state index >= 15 is 0 Å². The van der Waals surface area contributed by atoms with E-state index < -0.39 is 29.7 Å². The lowest BCUT2D eigenvalue weighted by molar-refractivity contribution is -0.122. The molecule has 8 heteroatoms. The summed E-state index contributed by atoms with van der Waals surface area (Å²) in [5.74, 6) is -1.64. The molecular formula is C19H22N4O4. The van der Waals surface area contributed by atoms with Gasteiger partial charge in [0.2, 0.25) is 11.7 Å². The molecule has 3 amide bonds. The zero-order valence-corrected chi connectivity index (χ0v) is 15.3. The van der Waals surface area contributed by atoms with Crippen LogP contribution in [0.25, 0.3) is 0 Å². The number of imide groups is 1. The summed E-state index contributed by atoms with van der Waals surface area (Å²) >= 11 is 0. The summed E-state index contributed by atoms with van der Waals surface area (Å²) in [6.07, 6.45) is 1.97. The molecule has 0 aliphatic carbocycles. The molecule has 0 radical (unpaired) electrons. The second kappa shape index (κ2) is 7.69. The maximum atomic E-state index is 12.8. The van der Waals surface area contributed by atoms with Crippen LogP contribution in [-0.4, -0.2) is 52.7 Å². The Kier molecular flexibility index (Phi) is 5.34. The van der Waals surface area contributed by atoms with Gasteiger partial charge >= 0.3 is 0 Å². The first-order chi connectivity index (χ1) is 13.0. The Morgan fingerprint density at radius 2 is 1.89 bits per heavy atom. The molecular weight excluding hydrogens is 348 g/mol. The van der Waals surface area contributed by atoms with Crippen molar-refractivity contribution in [2.75, 3.05) is 6.54 Å². The van der Waals surface area contributed by atoms with E-state index in [2.05, 4.69) is 15.8 Å². The van der Waals surface area contributed by atoms with Gasteiger partial charge in [-0.3, -0.25) is 29.5 Å². The number of benzene rings is 1. The summed E-state index contributed by atoms with van der Waals surface area (Å²) in [6.45, 7) is 4.10. The number of ketones is 1. The lowest BCUT2D eigenvalue weighted by atomic mass is 10.0. The van der Waals surface area contributed by atoms with Gasteiger partial charge in [-0.15, -0.1) is 0 Å². The van der Waals surface area contributed by atoms with Crippen LogP contribution in [0, 0.1) is 0 Å². The first-order valence-corrected chi connectivity index (χ1v) is 9.06. The van der Waals surface area contributed by atoms with Gasteiger partial charge in [0.15, 0.2) is 0 Å². The van der Waals surface area contributed by atoms with E-state index in [0.717, 1.165) is 17.7 Å². The molecule has 27 heavy (non-hydrogen) atoms. The van der Waals surface area contributed by atoms with Crippen molar-refractivity contribution in [2.45, 2.75) is 45.2 Å². The Balaban J connectivity index is 1.65. The molecule has 0 saturated heterocycles. The molecule has 0 saturated carbocycles. The van der Waals surface area contributed by atoms with Crippen LogP contribution in [0.2, 0.25) is 0 Å². The highest BCUT2D eigenvalue weighted by molar-refractivity contribution is 6.43. The minimum absolute atomic E-state index is 0.129. The largest absolute Gasteiger partial charge is 0.354 e. The molecule has 2 aliphatic rings. The Hall–Kier alpha value is -3.03. The Morgan fingerprint density at radius 1 is 1.26 bits per heavy atom. The number of nitrogens with one attached hydrogen (secondary N) is 2. The zero-order chi connectivity index (χ0) is 19.6. The standard InChI is InChI=1S/C19H22N4O4/c1-3-4-9-20-17(25)15-10-14(21-22-15)16(24)11(2)23-18(26)12-7-5-6-8-13(12)19(23)27/h5-8,11,15,22H,3-4,9-10H2,1-2H3,(H,20,25). The highest BCUT2D eigenvalue weighted by atomic mass is 16.2. The lowest BCUT2D eigenvalue weighted by Crippen LogP contribution is -2.46. The summed E-state index contributed by atoms with van der Waals surface area (Å²) in [4.78, 5) is 50.8. The fraction of sp³-hybridized carbons (Fsp3) is 0.421. The van der Waals surface area contributed by atoms with Crippen LogP contribution in [0.15, 0.2) is 29.4 Å². The highest BCUT2D eigenvalue weighted by Crippen LogP contribution is 2.25. The van der Waals surface area contributed by atoms with Crippen LogP contribution >= 0.6 is 0 Å². The highest BCUT2D eigenvalue weighted by Gasteiger charge is 2.42. The molecule has 0 spiro atoms. The molecule has 142 valence electrons. The van der Waals surface area contributed by atoms with Gasteiger partial charge in [-0.25, -0.2) is 0 Å². The number of hydrogen-bond acceptors (Lipinski definition) is 6. The monoisotopic (exact) mass is 370 g/mol. The van der Waals surface area contributed by atoms with Gasteiger partial charge < -0.3 is 5.32 Å². The molecule has 0 fully saturated rings. The fourth-order valence-corrected chi connectivity index (χ4v) is 3.18. The molecule has 1 aromatic rings. The van der Waals surface area contributed by atoms with E-state index in [1.165, 1.54) is 6.92 Å². The third kappa shape index (κ3) is 3.47. The van der Waals surface area contributed by atoms with Crippen molar-refractivity contribution in [3.8, 4) is 0 Å². The molecule has 2 N–H and O–H groups in total. The second-order valence-electron chi connectivity index (χ2n) is 6.66. The van der Waals surface area contributed by atoms with Gasteiger partial charge in [-0.2, -0.15) is 5.10 Å². The van der Waals surface area contributed by atoms with E-state index in [9.17, 15) is 19.2 Å². The van der Waals surface area contributed by atoms with Crippen molar-refractivity contribution in [1.29, 1.82) is 0 Å². The van der Waals surface area contributed by atoms with E-state index in [1.807, 2.05) is 6.92 Å². The van der Waals surface area contributed by atoms with Gasteiger partial charge in [-0.1, -0.05) is 25.5 Å². The minimum atomic E-state index is -0.986. The summed E-state index contributed by atoms with van der Waals surface area (Å²) in [5.41, 5.74) is 3.41. The normalized spacial score (nSPS) is 19.4. The molecule has 2 aliphatic heterocycles. The van der Waals surface area contributed by atoms with Crippen LogP contribution in [-0.2, 0) is 9.59 Å². The lowest BCUT2D eigenvalue weighted by Gasteiger charge is -2.21. The van der Waals surface area contributed by atoms with Crippen LogP contribution < -0.4 is 10.7 Å². The summed E-state index contributed by atoms with van der Waals surface area (Å²) in [5, 5.41) is 6.76. The van der Waals surface area contributed by atoms with Crippen LogP contribution in [0.3, 0.4) is 0 Å². The first-order valence-electron chi connectivity index (χ1n) is 9.06. The Bertz CT molecular complexity index is 798. The number of Topliss-reactive ketones (excluding diaryl/α,β-unsaturated/α-hetero) is 1. The van der Waals surface area contributed by atoms with Crippen molar-refractivity contribution in [3.63, 3.8) is 0 Å². The maximum Gasteiger partial charge on any atom is 0.262 e. The van der Waals surface area contributed by atoms with E-state index in [-0.39, 0.29) is 18.0 Å². The van der Waals surface area contributed by atoms with Gasteiger partial charge in [-0.05, 0) is 25.5 Å². The molecule has 8 nitrogen and oxygen atoms in total. The number of carbonyl (C=O) groups is 4. The van der Waals surface area contributed by atoms with Crippen molar-refractivity contribution in [1.82, 2.24) is 15.6 Å². The average Bonchev–Trinajstić information content (AvgIpc) is 3.26. The molecule has 1 aromatic carbocycles. The number of hydrazone groups is 1. The van der Waals surface area contributed by atoms with Crippen LogP contribution in [0.5, 0.6) is 0 Å². The summed E-state index contributed by atoms with van der Waals surface area (Å²) in [7, 11) is 0. The Morgan fingerprint density at radius 3 is 2.48 bits per heavy atom. The van der Waals surface area contributed by atoms with Crippen LogP contribution in [0.4, 0.5) is 0 Å². The van der Waals surface area contributed by atoms with Gasteiger partial charge in [0.1, 0.15) is 17.8 Å². The number of hydrogen-bond donors (Lipinski definition) is 2. The summed E-state index contributed by atoms with van der Waals surface area (Å²) in [6, 6.07) is 4.88. The van der Waals surface area contributed by atoms with E-state index in [1.54, 1.807) is 24.3 Å². The van der Waals surface area contributed by atoms with Crippen molar-refractivity contribution < 1.29 is 19.2 Å². The first kappa shape index (κ1) is 18.8. The predicted molar refractivity (Wildman–Crippen MR) is 98.3 cm³/mol. The molecule has 0 aromatic heterocycles. The Labute approximate surface area is 157 Å². The second-order valence-corrected chi connectivity index (χ2v) is 6.66. The minimum Gasteiger partial charge on any atom is -0.354 e. The number of amides is 3. The topological polar surface area (TPSA) is 108 Å². The van der Waals surface area contributed by atoms with Crippen molar-refractivity contribution in [3.05, 3.63) is 35.4 Å². The SMILES string of the molecule is CCCCNC(=O)C1CC(C(=O)C(C)N2C(=O)c3ccccc3C2=O)=NN1. The van der Waals surface area contributed by atoms with Gasteiger partial charge in [0, 0.05) is 13.0 Å². The molecule has 2 heterocycles. The summed E-state index contributed by atoms with van der Waals surface area (Å²) < 4.78 is 0. The number of rotatable bonds is 7.